The van der Waals surface area contributed by atoms with E-state index in [2.05, 4.69) is 52.0 Å². The first-order valence-corrected chi connectivity index (χ1v) is 6.57. The largest absolute Gasteiger partial charge is 0.0625 e. The van der Waals surface area contributed by atoms with E-state index in [4.69, 9.17) is 0 Å². The van der Waals surface area contributed by atoms with Crippen LogP contribution in [0.5, 0.6) is 0 Å². The SMILES string of the molecule is CC1CCC(c2ccc(C(C)(C)C)cc2)C1. The molecule has 2 rings (SSSR count). The third kappa shape index (κ3) is 2.48. The van der Waals surface area contributed by atoms with Gasteiger partial charge in [0, 0.05) is 0 Å². The van der Waals surface area contributed by atoms with E-state index in [0.29, 0.717) is 0 Å². The highest BCUT2D eigenvalue weighted by Gasteiger charge is 2.23. The smallest absolute Gasteiger partial charge is 0.0132 e. The zero-order valence-corrected chi connectivity index (χ0v) is 11.1. The van der Waals surface area contributed by atoms with Crippen molar-refractivity contribution < 1.29 is 0 Å². The van der Waals surface area contributed by atoms with Crippen LogP contribution < -0.4 is 0 Å². The second kappa shape index (κ2) is 4.24. The summed E-state index contributed by atoms with van der Waals surface area (Å²) in [6, 6.07) is 9.34. The van der Waals surface area contributed by atoms with Crippen LogP contribution in [-0.4, -0.2) is 0 Å². The second-order valence-electron chi connectivity index (χ2n) is 6.49. The lowest BCUT2D eigenvalue weighted by molar-refractivity contribution is 0.586. The molecule has 0 radical (unpaired) electrons. The lowest BCUT2D eigenvalue weighted by Gasteiger charge is -2.20. The Balaban J connectivity index is 2.14. The third-order valence-electron chi connectivity index (χ3n) is 3.94. The molecule has 2 atom stereocenters. The lowest BCUT2D eigenvalue weighted by Crippen LogP contribution is -2.10. The van der Waals surface area contributed by atoms with Gasteiger partial charge in [0.15, 0.2) is 0 Å². The molecular formula is C16H24. The zero-order valence-electron chi connectivity index (χ0n) is 11.1. The quantitative estimate of drug-likeness (QED) is 0.627. The molecule has 88 valence electrons. The molecule has 0 N–H and O–H groups in total. The summed E-state index contributed by atoms with van der Waals surface area (Å²) in [6.07, 6.45) is 4.18. The molecule has 1 fully saturated rings. The Bertz CT molecular complexity index is 339. The van der Waals surface area contributed by atoms with Crippen molar-refractivity contribution in [2.45, 2.75) is 58.3 Å². The molecule has 0 spiro atoms. The minimum Gasteiger partial charge on any atom is -0.0625 e. The van der Waals surface area contributed by atoms with Gasteiger partial charge in [-0.05, 0) is 41.2 Å². The van der Waals surface area contributed by atoms with Crippen molar-refractivity contribution in [2.75, 3.05) is 0 Å². The van der Waals surface area contributed by atoms with E-state index in [-0.39, 0.29) is 5.41 Å². The highest BCUT2D eigenvalue weighted by molar-refractivity contribution is 5.29. The van der Waals surface area contributed by atoms with E-state index in [1.807, 2.05) is 0 Å². The molecule has 1 aliphatic carbocycles. The van der Waals surface area contributed by atoms with E-state index < -0.39 is 0 Å². The first-order valence-electron chi connectivity index (χ1n) is 6.57. The highest BCUT2D eigenvalue weighted by Crippen LogP contribution is 2.38. The summed E-state index contributed by atoms with van der Waals surface area (Å²) >= 11 is 0. The molecule has 0 saturated heterocycles. The van der Waals surface area contributed by atoms with Gasteiger partial charge in [0.05, 0.1) is 0 Å². The topological polar surface area (TPSA) is 0 Å². The van der Waals surface area contributed by atoms with E-state index in [1.54, 1.807) is 5.56 Å². The fraction of sp³-hybridized carbons (Fsp3) is 0.625. The van der Waals surface area contributed by atoms with Crippen molar-refractivity contribution in [3.8, 4) is 0 Å². The van der Waals surface area contributed by atoms with Crippen LogP contribution in [0.25, 0.3) is 0 Å². The molecule has 0 aliphatic heterocycles. The van der Waals surface area contributed by atoms with Crippen molar-refractivity contribution in [2.24, 2.45) is 5.92 Å². The predicted molar refractivity (Wildman–Crippen MR) is 70.9 cm³/mol. The van der Waals surface area contributed by atoms with E-state index in [1.165, 1.54) is 24.8 Å². The minimum atomic E-state index is 0.279. The average Bonchev–Trinajstić information content (AvgIpc) is 2.64. The molecule has 1 saturated carbocycles. The number of benzene rings is 1. The summed E-state index contributed by atoms with van der Waals surface area (Å²) in [7, 11) is 0. The minimum absolute atomic E-state index is 0.279. The summed E-state index contributed by atoms with van der Waals surface area (Å²) in [5.74, 6) is 1.75. The van der Waals surface area contributed by atoms with E-state index >= 15 is 0 Å². The van der Waals surface area contributed by atoms with Crippen molar-refractivity contribution in [3.63, 3.8) is 0 Å². The molecule has 0 bridgehead atoms. The Morgan fingerprint density at radius 3 is 2.06 bits per heavy atom. The summed E-state index contributed by atoms with van der Waals surface area (Å²) in [6.45, 7) is 9.21. The standard InChI is InChI=1S/C16H24/c1-12-5-6-14(11-12)13-7-9-15(10-8-13)16(2,3)4/h7-10,12,14H,5-6,11H2,1-4H3. The van der Waals surface area contributed by atoms with Crippen molar-refractivity contribution in [1.29, 1.82) is 0 Å². The molecule has 0 heterocycles. The normalized spacial score (nSPS) is 26.0. The maximum atomic E-state index is 2.38. The van der Waals surface area contributed by atoms with Crippen molar-refractivity contribution in [3.05, 3.63) is 35.4 Å². The van der Waals surface area contributed by atoms with E-state index in [9.17, 15) is 0 Å². The Kier molecular flexibility index (Phi) is 3.10. The zero-order chi connectivity index (χ0) is 11.8. The van der Waals surface area contributed by atoms with Gasteiger partial charge < -0.3 is 0 Å². The van der Waals surface area contributed by atoms with Crippen LogP contribution in [0.4, 0.5) is 0 Å². The summed E-state index contributed by atoms with van der Waals surface area (Å²) in [5, 5.41) is 0. The van der Waals surface area contributed by atoms with Crippen LogP contribution in [0.1, 0.15) is 64.0 Å². The number of rotatable bonds is 1. The van der Waals surface area contributed by atoms with E-state index in [0.717, 1.165) is 11.8 Å². The third-order valence-corrected chi connectivity index (χ3v) is 3.94. The molecule has 0 amide bonds. The molecule has 1 aromatic carbocycles. The number of hydrogen-bond donors (Lipinski definition) is 0. The Morgan fingerprint density at radius 1 is 1.00 bits per heavy atom. The maximum Gasteiger partial charge on any atom is -0.0132 e. The van der Waals surface area contributed by atoms with Gasteiger partial charge in [-0.3, -0.25) is 0 Å². The Hall–Kier alpha value is -0.780. The lowest BCUT2D eigenvalue weighted by atomic mass is 9.85. The maximum absolute atomic E-state index is 2.38. The Morgan fingerprint density at radius 2 is 1.62 bits per heavy atom. The molecule has 1 aromatic rings. The monoisotopic (exact) mass is 216 g/mol. The molecule has 1 aliphatic rings. The van der Waals surface area contributed by atoms with Crippen LogP contribution in [0.3, 0.4) is 0 Å². The highest BCUT2D eigenvalue weighted by atomic mass is 14.3. The van der Waals surface area contributed by atoms with Gasteiger partial charge in [-0.2, -0.15) is 0 Å². The first kappa shape index (κ1) is 11.7. The van der Waals surface area contributed by atoms with Gasteiger partial charge in [0.1, 0.15) is 0 Å². The molecule has 0 heteroatoms. The van der Waals surface area contributed by atoms with Crippen LogP contribution >= 0.6 is 0 Å². The van der Waals surface area contributed by atoms with Gasteiger partial charge in [0.2, 0.25) is 0 Å². The van der Waals surface area contributed by atoms with Crippen LogP contribution in [0, 0.1) is 5.92 Å². The van der Waals surface area contributed by atoms with Gasteiger partial charge in [-0.15, -0.1) is 0 Å². The van der Waals surface area contributed by atoms with Crippen molar-refractivity contribution in [1.82, 2.24) is 0 Å². The average molecular weight is 216 g/mol. The molecule has 2 unspecified atom stereocenters. The van der Waals surface area contributed by atoms with Gasteiger partial charge in [-0.25, -0.2) is 0 Å². The van der Waals surface area contributed by atoms with Crippen molar-refractivity contribution >= 4 is 0 Å². The predicted octanol–water partition coefficient (Wildman–Crippen LogP) is 4.89. The fourth-order valence-corrected chi connectivity index (χ4v) is 2.77. The summed E-state index contributed by atoms with van der Waals surface area (Å²) in [5.41, 5.74) is 3.28. The van der Waals surface area contributed by atoms with Gasteiger partial charge in [0.25, 0.3) is 0 Å². The van der Waals surface area contributed by atoms with Crippen LogP contribution in [-0.2, 0) is 5.41 Å². The fourth-order valence-electron chi connectivity index (χ4n) is 2.77. The Labute approximate surface area is 100 Å². The van der Waals surface area contributed by atoms with Gasteiger partial charge >= 0.3 is 0 Å². The molecule has 16 heavy (non-hydrogen) atoms. The number of hydrogen-bond acceptors (Lipinski definition) is 0. The first-order chi connectivity index (χ1) is 7.47. The van der Waals surface area contributed by atoms with Crippen LogP contribution in [0.2, 0.25) is 0 Å². The molecular weight excluding hydrogens is 192 g/mol. The summed E-state index contributed by atoms with van der Waals surface area (Å²) < 4.78 is 0. The van der Waals surface area contributed by atoms with Gasteiger partial charge in [-0.1, -0.05) is 58.4 Å². The van der Waals surface area contributed by atoms with Crippen LogP contribution in [0.15, 0.2) is 24.3 Å². The second-order valence-corrected chi connectivity index (χ2v) is 6.49. The molecule has 0 aromatic heterocycles. The summed E-state index contributed by atoms with van der Waals surface area (Å²) in [4.78, 5) is 0. The molecule has 0 nitrogen and oxygen atoms in total.